The number of hydrogen-bond acceptors (Lipinski definition) is 2. The number of benzene rings is 1. The van der Waals surface area contributed by atoms with Crippen molar-refractivity contribution in [2.24, 2.45) is 0 Å². The van der Waals surface area contributed by atoms with Gasteiger partial charge >= 0.3 is 6.18 Å². The molecule has 2 rings (SSSR count). The van der Waals surface area contributed by atoms with Crippen molar-refractivity contribution in [1.29, 1.82) is 0 Å². The number of hydrogen-bond donors (Lipinski definition) is 2. The summed E-state index contributed by atoms with van der Waals surface area (Å²) < 4.78 is 38.0. The lowest BCUT2D eigenvalue weighted by atomic mass is 10.1. The molecule has 0 aliphatic carbocycles. The van der Waals surface area contributed by atoms with Crippen LogP contribution in [-0.2, 0) is 6.18 Å². The van der Waals surface area contributed by atoms with Crippen LogP contribution in [0.5, 0.6) is 0 Å². The van der Waals surface area contributed by atoms with Crippen LogP contribution < -0.4 is 10.9 Å². The molecular weight excluding hydrogens is 321 g/mol. The van der Waals surface area contributed by atoms with Crippen molar-refractivity contribution >= 4 is 23.2 Å². The minimum absolute atomic E-state index is 0.0636. The average molecular weight is 331 g/mol. The molecule has 0 fully saturated rings. The second kappa shape index (κ2) is 5.84. The first-order chi connectivity index (χ1) is 10.2. The van der Waals surface area contributed by atoms with Crippen LogP contribution in [0.15, 0.2) is 35.3 Å². The monoisotopic (exact) mass is 330 g/mol. The second-order valence-electron chi connectivity index (χ2n) is 4.51. The van der Waals surface area contributed by atoms with E-state index in [-0.39, 0.29) is 16.3 Å². The summed E-state index contributed by atoms with van der Waals surface area (Å²) in [5.74, 6) is -0.833. The number of H-pyrrole nitrogens is 1. The van der Waals surface area contributed by atoms with Crippen LogP contribution >= 0.6 is 11.6 Å². The van der Waals surface area contributed by atoms with Gasteiger partial charge in [0.2, 0.25) is 0 Å². The molecule has 0 saturated carbocycles. The first kappa shape index (κ1) is 16.1. The molecule has 116 valence electrons. The summed E-state index contributed by atoms with van der Waals surface area (Å²) >= 11 is 5.79. The summed E-state index contributed by atoms with van der Waals surface area (Å²) in [6.07, 6.45) is -3.20. The quantitative estimate of drug-likeness (QED) is 0.883. The van der Waals surface area contributed by atoms with E-state index in [2.05, 4.69) is 10.3 Å². The van der Waals surface area contributed by atoms with Crippen LogP contribution in [-0.4, -0.2) is 10.9 Å². The molecule has 1 amide bonds. The van der Waals surface area contributed by atoms with Crippen molar-refractivity contribution in [3.05, 3.63) is 62.5 Å². The maximum absolute atomic E-state index is 12.7. The number of aryl methyl sites for hydroxylation is 1. The molecule has 0 spiro atoms. The highest BCUT2D eigenvalue weighted by molar-refractivity contribution is 6.34. The lowest BCUT2D eigenvalue weighted by Gasteiger charge is -2.12. The van der Waals surface area contributed by atoms with E-state index in [0.717, 1.165) is 12.1 Å². The summed E-state index contributed by atoms with van der Waals surface area (Å²) in [7, 11) is 0. The predicted octanol–water partition coefficient (Wildman–Crippen LogP) is 3.61. The van der Waals surface area contributed by atoms with Crippen LogP contribution in [0.1, 0.15) is 21.5 Å². The molecule has 0 atom stereocenters. The minimum Gasteiger partial charge on any atom is -0.328 e. The summed E-state index contributed by atoms with van der Waals surface area (Å²) in [5, 5.41) is 2.17. The zero-order valence-electron chi connectivity index (χ0n) is 11.2. The average Bonchev–Trinajstić information content (AvgIpc) is 2.39. The molecule has 1 aromatic heterocycles. The molecule has 2 aromatic rings. The number of nitrogens with one attached hydrogen (secondary N) is 2. The number of alkyl halides is 3. The smallest absolute Gasteiger partial charge is 0.328 e. The summed E-state index contributed by atoms with van der Waals surface area (Å²) in [6.45, 7) is 1.54. The van der Waals surface area contributed by atoms with Gasteiger partial charge in [-0.25, -0.2) is 0 Å². The molecule has 0 aliphatic heterocycles. The molecule has 0 bridgehead atoms. The number of aromatic nitrogens is 1. The molecule has 4 nitrogen and oxygen atoms in total. The van der Waals surface area contributed by atoms with Gasteiger partial charge in [-0.05, 0) is 36.8 Å². The lowest BCUT2D eigenvalue weighted by molar-refractivity contribution is -0.137. The Balaban J connectivity index is 2.39. The Bertz CT molecular complexity index is 784. The first-order valence-corrected chi connectivity index (χ1v) is 6.44. The summed E-state index contributed by atoms with van der Waals surface area (Å²) in [6, 6.07) is 4.05. The fraction of sp³-hybridized carbons (Fsp3) is 0.143. The highest BCUT2D eigenvalue weighted by Gasteiger charge is 2.31. The van der Waals surface area contributed by atoms with Gasteiger partial charge in [0.05, 0.1) is 16.3 Å². The van der Waals surface area contributed by atoms with Crippen LogP contribution in [0.2, 0.25) is 5.02 Å². The molecule has 0 unspecified atom stereocenters. The minimum atomic E-state index is -4.57. The fourth-order valence-corrected chi connectivity index (χ4v) is 2.01. The highest BCUT2D eigenvalue weighted by atomic mass is 35.5. The second-order valence-corrected chi connectivity index (χ2v) is 4.92. The van der Waals surface area contributed by atoms with E-state index in [1.165, 1.54) is 19.2 Å². The highest BCUT2D eigenvalue weighted by Crippen LogP contribution is 2.33. The van der Waals surface area contributed by atoms with Gasteiger partial charge < -0.3 is 10.3 Å². The maximum Gasteiger partial charge on any atom is 0.416 e. The lowest BCUT2D eigenvalue weighted by Crippen LogP contribution is -2.24. The van der Waals surface area contributed by atoms with Gasteiger partial charge in [-0.3, -0.25) is 9.59 Å². The van der Waals surface area contributed by atoms with E-state index in [1.807, 2.05) is 0 Å². The molecular formula is C14H10ClF3N2O2. The van der Waals surface area contributed by atoms with Crippen LogP contribution in [0, 0.1) is 6.92 Å². The van der Waals surface area contributed by atoms with Crippen LogP contribution in [0.3, 0.4) is 0 Å². The van der Waals surface area contributed by atoms with Crippen LogP contribution in [0.25, 0.3) is 0 Å². The van der Waals surface area contributed by atoms with Gasteiger partial charge in [0.1, 0.15) is 5.56 Å². The maximum atomic E-state index is 12.7. The van der Waals surface area contributed by atoms with E-state index in [1.54, 1.807) is 0 Å². The number of carbonyl (C=O) groups is 1. The van der Waals surface area contributed by atoms with Crippen molar-refractivity contribution in [3.8, 4) is 0 Å². The summed E-state index contributed by atoms with van der Waals surface area (Å²) in [5.41, 5.74) is -1.60. The SMILES string of the molecule is Cc1cc[nH]c(=O)c1C(=O)Nc1cc(C(F)(F)F)ccc1Cl. The molecule has 8 heteroatoms. The molecule has 2 N–H and O–H groups in total. The van der Waals surface area contributed by atoms with Crippen molar-refractivity contribution in [3.63, 3.8) is 0 Å². The number of aromatic amines is 1. The van der Waals surface area contributed by atoms with Crippen molar-refractivity contribution in [2.45, 2.75) is 13.1 Å². The third-order valence-electron chi connectivity index (χ3n) is 2.94. The summed E-state index contributed by atoms with van der Waals surface area (Å²) in [4.78, 5) is 26.1. The van der Waals surface area contributed by atoms with Gasteiger partial charge in [-0.2, -0.15) is 13.2 Å². The van der Waals surface area contributed by atoms with E-state index in [9.17, 15) is 22.8 Å². The van der Waals surface area contributed by atoms with Gasteiger partial charge in [-0.15, -0.1) is 0 Å². The van der Waals surface area contributed by atoms with E-state index in [4.69, 9.17) is 11.6 Å². The number of halogens is 4. The van der Waals surface area contributed by atoms with Gasteiger partial charge in [0, 0.05) is 6.20 Å². The van der Waals surface area contributed by atoms with Crippen molar-refractivity contribution in [1.82, 2.24) is 4.98 Å². The Morgan fingerprint density at radius 3 is 2.55 bits per heavy atom. The van der Waals surface area contributed by atoms with Crippen molar-refractivity contribution < 1.29 is 18.0 Å². The van der Waals surface area contributed by atoms with Crippen LogP contribution in [0.4, 0.5) is 18.9 Å². The number of rotatable bonds is 2. The number of amides is 1. The molecule has 0 radical (unpaired) electrons. The largest absolute Gasteiger partial charge is 0.416 e. The normalized spacial score (nSPS) is 11.3. The van der Waals surface area contributed by atoms with Gasteiger partial charge in [0.25, 0.3) is 11.5 Å². The molecule has 22 heavy (non-hydrogen) atoms. The standard InChI is InChI=1S/C14H10ClF3N2O2/c1-7-4-5-19-12(21)11(7)13(22)20-10-6-8(14(16,17)18)2-3-9(10)15/h2-6H,1H3,(H,19,21)(H,20,22). The molecule has 1 aromatic carbocycles. The molecule has 0 aliphatic rings. The zero-order chi connectivity index (χ0) is 16.5. The third-order valence-corrected chi connectivity index (χ3v) is 3.27. The number of pyridine rings is 1. The molecule has 1 heterocycles. The Labute approximate surface area is 127 Å². The fourth-order valence-electron chi connectivity index (χ4n) is 1.84. The first-order valence-electron chi connectivity index (χ1n) is 6.06. The topological polar surface area (TPSA) is 62.0 Å². The Morgan fingerprint density at radius 1 is 1.27 bits per heavy atom. The van der Waals surface area contributed by atoms with Crippen molar-refractivity contribution in [2.75, 3.05) is 5.32 Å². The zero-order valence-corrected chi connectivity index (χ0v) is 12.0. The van der Waals surface area contributed by atoms with E-state index in [0.29, 0.717) is 11.6 Å². The number of carbonyl (C=O) groups excluding carboxylic acids is 1. The Kier molecular flexibility index (Phi) is 4.27. The van der Waals surface area contributed by atoms with E-state index >= 15 is 0 Å². The Hall–Kier alpha value is -2.28. The predicted molar refractivity (Wildman–Crippen MR) is 76.2 cm³/mol. The van der Waals surface area contributed by atoms with E-state index < -0.39 is 23.2 Å². The molecule has 0 saturated heterocycles. The Morgan fingerprint density at radius 2 is 1.95 bits per heavy atom. The van der Waals surface area contributed by atoms with Gasteiger partial charge in [-0.1, -0.05) is 11.6 Å². The van der Waals surface area contributed by atoms with Gasteiger partial charge in [0.15, 0.2) is 0 Å². The number of anilines is 1. The third kappa shape index (κ3) is 3.30.